The predicted octanol–water partition coefficient (Wildman–Crippen LogP) is 1.52. The summed E-state index contributed by atoms with van der Waals surface area (Å²) in [6.45, 7) is 4.58. The molecule has 4 nitrogen and oxygen atoms in total. The van der Waals surface area contributed by atoms with Crippen molar-refractivity contribution in [2.24, 2.45) is 0 Å². The van der Waals surface area contributed by atoms with Crippen molar-refractivity contribution >= 4 is 5.91 Å². The van der Waals surface area contributed by atoms with Gasteiger partial charge in [-0.3, -0.25) is 4.79 Å². The molecule has 0 aromatic heterocycles. The number of amides is 1. The lowest BCUT2D eigenvalue weighted by Gasteiger charge is -2.20. The quantitative estimate of drug-likeness (QED) is 0.862. The predicted molar refractivity (Wildman–Crippen MR) is 71.0 cm³/mol. The highest BCUT2D eigenvalue weighted by Gasteiger charge is 2.19. The highest BCUT2D eigenvalue weighted by atomic mass is 16.5. The van der Waals surface area contributed by atoms with E-state index in [1.165, 1.54) is 0 Å². The Bertz CT molecular complexity index is 420. The summed E-state index contributed by atoms with van der Waals surface area (Å²) in [6, 6.07) is 7.82. The van der Waals surface area contributed by atoms with Crippen molar-refractivity contribution in [2.45, 2.75) is 19.4 Å². The summed E-state index contributed by atoms with van der Waals surface area (Å²) in [7, 11) is 1.61. The maximum Gasteiger partial charge on any atom is 0.254 e. The normalized spacial score (nSPS) is 20.3. The van der Waals surface area contributed by atoms with Crippen LogP contribution in [0.4, 0.5) is 0 Å². The molecule has 1 aliphatic rings. The number of benzene rings is 1. The third kappa shape index (κ3) is 3.01. The highest BCUT2D eigenvalue weighted by Crippen LogP contribution is 2.15. The lowest BCUT2D eigenvalue weighted by Crippen LogP contribution is -2.34. The van der Waals surface area contributed by atoms with E-state index in [1.54, 1.807) is 13.2 Å². The zero-order valence-electron chi connectivity index (χ0n) is 11.0. The van der Waals surface area contributed by atoms with Gasteiger partial charge in [0.15, 0.2) is 0 Å². The zero-order chi connectivity index (χ0) is 13.0. The van der Waals surface area contributed by atoms with E-state index in [4.69, 9.17) is 4.74 Å². The number of carbonyl (C=O) groups excluding carboxylic acids is 1. The van der Waals surface area contributed by atoms with E-state index in [0.717, 1.165) is 31.8 Å². The van der Waals surface area contributed by atoms with Gasteiger partial charge in [-0.15, -0.1) is 0 Å². The molecule has 1 aromatic carbocycles. The summed E-state index contributed by atoms with van der Waals surface area (Å²) in [5.41, 5.74) is 0.698. The Morgan fingerprint density at radius 1 is 1.44 bits per heavy atom. The fourth-order valence-electron chi connectivity index (χ4n) is 2.15. The molecule has 0 bridgehead atoms. The Balaban J connectivity index is 2.09. The molecule has 1 unspecified atom stereocenters. The molecule has 1 aromatic rings. The van der Waals surface area contributed by atoms with Crippen LogP contribution in [0.3, 0.4) is 0 Å². The molecule has 1 atom stereocenters. The molecule has 0 spiro atoms. The first-order valence-corrected chi connectivity index (χ1v) is 6.37. The number of rotatable bonds is 2. The molecule has 0 radical (unpaired) electrons. The standard InChI is InChI=1S/C14H20N2O2/c1-11-6-8-16(9-7-15-11)14(17)12-4-3-5-13(10-12)18-2/h3-5,10-11,15H,6-9H2,1-2H3. The lowest BCUT2D eigenvalue weighted by atomic mass is 10.1. The van der Waals surface area contributed by atoms with Crippen LogP contribution in [0, 0.1) is 0 Å². The van der Waals surface area contributed by atoms with Crippen molar-refractivity contribution in [2.75, 3.05) is 26.7 Å². The van der Waals surface area contributed by atoms with Crippen LogP contribution in [0.25, 0.3) is 0 Å². The second kappa shape index (κ2) is 5.87. The Morgan fingerprint density at radius 2 is 2.28 bits per heavy atom. The van der Waals surface area contributed by atoms with Crippen LogP contribution in [0.15, 0.2) is 24.3 Å². The van der Waals surface area contributed by atoms with Crippen LogP contribution in [-0.4, -0.2) is 43.6 Å². The van der Waals surface area contributed by atoms with E-state index in [1.807, 2.05) is 23.1 Å². The fourth-order valence-corrected chi connectivity index (χ4v) is 2.15. The van der Waals surface area contributed by atoms with Gasteiger partial charge < -0.3 is 15.0 Å². The lowest BCUT2D eigenvalue weighted by molar-refractivity contribution is 0.0765. The minimum atomic E-state index is 0.0878. The van der Waals surface area contributed by atoms with Crippen LogP contribution in [0.5, 0.6) is 5.75 Å². The number of hydrogen-bond donors (Lipinski definition) is 1. The zero-order valence-corrected chi connectivity index (χ0v) is 11.0. The molecule has 1 amide bonds. The van der Waals surface area contributed by atoms with Crippen molar-refractivity contribution < 1.29 is 9.53 Å². The molecule has 0 saturated carbocycles. The van der Waals surface area contributed by atoms with Crippen molar-refractivity contribution in [3.05, 3.63) is 29.8 Å². The van der Waals surface area contributed by atoms with Gasteiger partial charge in [-0.1, -0.05) is 6.07 Å². The Labute approximate surface area is 108 Å². The van der Waals surface area contributed by atoms with Crippen LogP contribution >= 0.6 is 0 Å². The molecular formula is C14H20N2O2. The van der Waals surface area contributed by atoms with Gasteiger partial charge in [-0.25, -0.2) is 0 Å². The molecule has 18 heavy (non-hydrogen) atoms. The van der Waals surface area contributed by atoms with Crippen LogP contribution in [0.2, 0.25) is 0 Å². The van der Waals surface area contributed by atoms with Gasteiger partial charge in [0, 0.05) is 31.2 Å². The summed E-state index contributed by atoms with van der Waals surface area (Å²) < 4.78 is 5.15. The van der Waals surface area contributed by atoms with E-state index in [9.17, 15) is 4.79 Å². The van der Waals surface area contributed by atoms with Gasteiger partial charge in [-0.2, -0.15) is 0 Å². The maximum atomic E-state index is 12.4. The average Bonchev–Trinajstić information content (AvgIpc) is 2.63. The van der Waals surface area contributed by atoms with Gasteiger partial charge in [0.05, 0.1) is 7.11 Å². The van der Waals surface area contributed by atoms with Gasteiger partial charge in [0.1, 0.15) is 5.75 Å². The van der Waals surface area contributed by atoms with Crippen LogP contribution in [-0.2, 0) is 0 Å². The average molecular weight is 248 g/mol. The molecule has 1 N–H and O–H groups in total. The van der Waals surface area contributed by atoms with Crippen molar-refractivity contribution in [3.8, 4) is 5.75 Å². The van der Waals surface area contributed by atoms with Gasteiger partial charge in [-0.05, 0) is 31.5 Å². The minimum absolute atomic E-state index is 0.0878. The van der Waals surface area contributed by atoms with Crippen LogP contribution < -0.4 is 10.1 Å². The summed E-state index contributed by atoms with van der Waals surface area (Å²) in [6.07, 6.45) is 0.996. The number of nitrogens with zero attached hydrogens (tertiary/aromatic N) is 1. The third-order valence-electron chi connectivity index (χ3n) is 3.31. The first-order chi connectivity index (χ1) is 8.70. The van der Waals surface area contributed by atoms with E-state index in [0.29, 0.717) is 11.6 Å². The molecule has 1 heterocycles. The summed E-state index contributed by atoms with van der Waals surface area (Å²) >= 11 is 0. The second-order valence-electron chi connectivity index (χ2n) is 4.67. The fraction of sp³-hybridized carbons (Fsp3) is 0.500. The molecule has 98 valence electrons. The van der Waals surface area contributed by atoms with Crippen LogP contribution in [0.1, 0.15) is 23.7 Å². The third-order valence-corrected chi connectivity index (χ3v) is 3.31. The molecule has 1 saturated heterocycles. The van der Waals surface area contributed by atoms with Gasteiger partial charge in [0.25, 0.3) is 5.91 Å². The van der Waals surface area contributed by atoms with Crippen molar-refractivity contribution in [1.29, 1.82) is 0 Å². The Morgan fingerprint density at radius 3 is 3.06 bits per heavy atom. The topological polar surface area (TPSA) is 41.6 Å². The molecule has 1 aliphatic heterocycles. The van der Waals surface area contributed by atoms with Gasteiger partial charge in [0.2, 0.25) is 0 Å². The number of methoxy groups -OCH3 is 1. The van der Waals surface area contributed by atoms with Crippen molar-refractivity contribution in [3.63, 3.8) is 0 Å². The van der Waals surface area contributed by atoms with E-state index >= 15 is 0 Å². The van der Waals surface area contributed by atoms with Crippen molar-refractivity contribution in [1.82, 2.24) is 10.2 Å². The largest absolute Gasteiger partial charge is 0.497 e. The first-order valence-electron chi connectivity index (χ1n) is 6.37. The second-order valence-corrected chi connectivity index (χ2v) is 4.67. The first kappa shape index (κ1) is 12.9. The van der Waals surface area contributed by atoms with E-state index in [-0.39, 0.29) is 5.91 Å². The highest BCUT2D eigenvalue weighted by molar-refractivity contribution is 5.94. The number of carbonyl (C=O) groups is 1. The molecule has 0 aliphatic carbocycles. The smallest absolute Gasteiger partial charge is 0.254 e. The van der Waals surface area contributed by atoms with E-state index in [2.05, 4.69) is 12.2 Å². The monoisotopic (exact) mass is 248 g/mol. The number of nitrogens with one attached hydrogen (secondary N) is 1. The minimum Gasteiger partial charge on any atom is -0.497 e. The van der Waals surface area contributed by atoms with Gasteiger partial charge >= 0.3 is 0 Å². The SMILES string of the molecule is COc1cccc(C(=O)N2CCNC(C)CC2)c1. The summed E-state index contributed by atoms with van der Waals surface area (Å²) in [5, 5.41) is 3.38. The van der Waals surface area contributed by atoms with E-state index < -0.39 is 0 Å². The molecule has 1 fully saturated rings. The summed E-state index contributed by atoms with van der Waals surface area (Å²) in [4.78, 5) is 14.3. The summed E-state index contributed by atoms with van der Waals surface area (Å²) in [5.74, 6) is 0.812. The molecule has 4 heteroatoms. The number of hydrogen-bond acceptors (Lipinski definition) is 3. The molecule has 2 rings (SSSR count). The molecular weight excluding hydrogens is 228 g/mol. The Hall–Kier alpha value is -1.55. The number of ether oxygens (including phenoxy) is 1. The maximum absolute atomic E-state index is 12.4. The Kier molecular flexibility index (Phi) is 4.20.